The van der Waals surface area contributed by atoms with Crippen LogP contribution in [0.3, 0.4) is 0 Å². The van der Waals surface area contributed by atoms with Gasteiger partial charge in [0.1, 0.15) is 5.69 Å². The largest absolute Gasteiger partial charge is 0.388 e. The second-order valence-corrected chi connectivity index (χ2v) is 4.57. The maximum Gasteiger partial charge on any atom is 0.332 e. The van der Waals surface area contributed by atoms with E-state index in [0.717, 1.165) is 0 Å². The number of aliphatic hydroxyl groups is 1. The molecule has 1 rings (SSSR count). The highest BCUT2D eigenvalue weighted by Crippen LogP contribution is 2.27. The van der Waals surface area contributed by atoms with E-state index in [1.165, 1.54) is 6.92 Å². The standard InChI is InChI=1S/C10H15ClN4O3/c1-4-10(3,16)5-12-8-7(15(17)18)6(2)13-9(11)14-8/h16H,4-5H2,1-3H3,(H,12,13,14). The minimum atomic E-state index is -0.973. The first kappa shape index (κ1) is 14.6. The molecule has 18 heavy (non-hydrogen) atoms. The van der Waals surface area contributed by atoms with Crippen LogP contribution in [0.2, 0.25) is 5.28 Å². The molecule has 1 heterocycles. The Morgan fingerprint density at radius 3 is 2.67 bits per heavy atom. The fraction of sp³-hybridized carbons (Fsp3) is 0.600. The van der Waals surface area contributed by atoms with Crippen molar-refractivity contribution < 1.29 is 10.0 Å². The van der Waals surface area contributed by atoms with Gasteiger partial charge in [-0.3, -0.25) is 10.1 Å². The van der Waals surface area contributed by atoms with E-state index < -0.39 is 10.5 Å². The molecule has 7 nitrogen and oxygen atoms in total. The van der Waals surface area contributed by atoms with Crippen LogP contribution in [-0.2, 0) is 0 Å². The molecule has 1 atom stereocenters. The fourth-order valence-corrected chi connectivity index (χ4v) is 1.49. The maximum atomic E-state index is 10.9. The van der Waals surface area contributed by atoms with Gasteiger partial charge in [-0.05, 0) is 31.9 Å². The molecule has 0 amide bonds. The first-order valence-corrected chi connectivity index (χ1v) is 5.79. The Morgan fingerprint density at radius 1 is 1.56 bits per heavy atom. The van der Waals surface area contributed by atoms with E-state index in [-0.39, 0.29) is 29.0 Å². The van der Waals surface area contributed by atoms with Crippen LogP contribution in [0.15, 0.2) is 0 Å². The van der Waals surface area contributed by atoms with Crippen LogP contribution in [0.25, 0.3) is 0 Å². The summed E-state index contributed by atoms with van der Waals surface area (Å²) in [7, 11) is 0. The average Bonchev–Trinajstić information content (AvgIpc) is 2.25. The first-order chi connectivity index (χ1) is 8.26. The average molecular weight is 275 g/mol. The zero-order valence-electron chi connectivity index (χ0n) is 10.4. The lowest BCUT2D eigenvalue weighted by atomic mass is 10.0. The summed E-state index contributed by atoms with van der Waals surface area (Å²) >= 11 is 5.66. The SMILES string of the molecule is CCC(C)(O)CNc1nc(Cl)nc(C)c1[N+](=O)[O-]. The Bertz CT molecular complexity index is 465. The predicted molar refractivity (Wildman–Crippen MR) is 67.8 cm³/mol. The normalized spacial score (nSPS) is 14.1. The molecule has 0 spiro atoms. The molecule has 100 valence electrons. The predicted octanol–water partition coefficient (Wildman–Crippen LogP) is 1.92. The van der Waals surface area contributed by atoms with Crippen molar-refractivity contribution in [1.82, 2.24) is 9.97 Å². The summed E-state index contributed by atoms with van der Waals surface area (Å²) < 4.78 is 0. The molecule has 0 bridgehead atoms. The molecule has 0 saturated heterocycles. The topological polar surface area (TPSA) is 101 Å². The number of halogens is 1. The number of hydrogen-bond acceptors (Lipinski definition) is 6. The van der Waals surface area contributed by atoms with Gasteiger partial charge < -0.3 is 10.4 Å². The lowest BCUT2D eigenvalue weighted by molar-refractivity contribution is -0.385. The van der Waals surface area contributed by atoms with E-state index in [2.05, 4.69) is 15.3 Å². The Kier molecular flexibility index (Phi) is 4.42. The number of nitrogens with zero attached hydrogens (tertiary/aromatic N) is 3. The van der Waals surface area contributed by atoms with Crippen LogP contribution in [-0.4, -0.2) is 32.1 Å². The molecule has 1 unspecified atom stereocenters. The molecule has 8 heteroatoms. The fourth-order valence-electron chi connectivity index (χ4n) is 1.27. The van der Waals surface area contributed by atoms with Crippen LogP contribution in [0, 0.1) is 17.0 Å². The third kappa shape index (κ3) is 3.51. The van der Waals surface area contributed by atoms with Gasteiger partial charge in [0.05, 0.1) is 10.5 Å². The van der Waals surface area contributed by atoms with Crippen molar-refractivity contribution in [3.8, 4) is 0 Å². The van der Waals surface area contributed by atoms with Gasteiger partial charge in [-0.15, -0.1) is 0 Å². The van der Waals surface area contributed by atoms with E-state index in [0.29, 0.717) is 6.42 Å². The molecule has 2 N–H and O–H groups in total. The Morgan fingerprint density at radius 2 is 2.17 bits per heavy atom. The Hall–Kier alpha value is -1.47. The van der Waals surface area contributed by atoms with Crippen molar-refractivity contribution in [2.75, 3.05) is 11.9 Å². The molecule has 0 radical (unpaired) electrons. The van der Waals surface area contributed by atoms with Crippen molar-refractivity contribution >= 4 is 23.1 Å². The van der Waals surface area contributed by atoms with Gasteiger partial charge in [0.25, 0.3) is 0 Å². The number of rotatable bonds is 5. The third-order valence-corrected chi connectivity index (χ3v) is 2.78. The van der Waals surface area contributed by atoms with Crippen molar-refractivity contribution in [3.05, 3.63) is 21.1 Å². The van der Waals surface area contributed by atoms with E-state index in [1.54, 1.807) is 6.92 Å². The smallest absolute Gasteiger partial charge is 0.332 e. The number of hydrogen-bond donors (Lipinski definition) is 2. The van der Waals surface area contributed by atoms with Gasteiger partial charge >= 0.3 is 5.69 Å². The van der Waals surface area contributed by atoms with E-state index >= 15 is 0 Å². The van der Waals surface area contributed by atoms with E-state index in [9.17, 15) is 15.2 Å². The highest BCUT2D eigenvalue weighted by atomic mass is 35.5. The zero-order valence-corrected chi connectivity index (χ0v) is 11.2. The minimum absolute atomic E-state index is 0.0197. The summed E-state index contributed by atoms with van der Waals surface area (Å²) in [5.74, 6) is 0.0197. The van der Waals surface area contributed by atoms with Gasteiger partial charge in [-0.25, -0.2) is 4.98 Å². The summed E-state index contributed by atoms with van der Waals surface area (Å²) in [6.07, 6.45) is 0.506. The lowest BCUT2D eigenvalue weighted by Crippen LogP contribution is -2.33. The van der Waals surface area contributed by atoms with Gasteiger partial charge in [0.2, 0.25) is 11.1 Å². The van der Waals surface area contributed by atoms with E-state index in [4.69, 9.17) is 11.6 Å². The van der Waals surface area contributed by atoms with E-state index in [1.807, 2.05) is 6.92 Å². The molecule has 0 fully saturated rings. The molecule has 0 aliphatic carbocycles. The zero-order chi connectivity index (χ0) is 13.9. The molecule has 0 aromatic carbocycles. The molecule has 1 aromatic heterocycles. The molecular formula is C10H15ClN4O3. The minimum Gasteiger partial charge on any atom is -0.388 e. The van der Waals surface area contributed by atoms with Crippen LogP contribution < -0.4 is 5.32 Å². The quantitative estimate of drug-likeness (QED) is 0.483. The summed E-state index contributed by atoms with van der Waals surface area (Å²) in [4.78, 5) is 17.9. The second-order valence-electron chi connectivity index (χ2n) is 4.24. The highest BCUT2D eigenvalue weighted by Gasteiger charge is 2.24. The monoisotopic (exact) mass is 274 g/mol. The second kappa shape index (κ2) is 5.45. The van der Waals surface area contributed by atoms with Crippen molar-refractivity contribution in [2.24, 2.45) is 0 Å². The number of nitrogens with one attached hydrogen (secondary N) is 1. The summed E-state index contributed by atoms with van der Waals surface area (Å²) in [5.41, 5.74) is -1.02. The number of anilines is 1. The Balaban J connectivity index is 3.04. The summed E-state index contributed by atoms with van der Waals surface area (Å²) in [5, 5.41) is 23.4. The van der Waals surface area contributed by atoms with Crippen molar-refractivity contribution in [2.45, 2.75) is 32.8 Å². The Labute approximate surface area is 109 Å². The van der Waals surface area contributed by atoms with Gasteiger partial charge in [-0.2, -0.15) is 4.98 Å². The van der Waals surface area contributed by atoms with Crippen molar-refractivity contribution in [3.63, 3.8) is 0 Å². The van der Waals surface area contributed by atoms with Crippen LogP contribution in [0.5, 0.6) is 0 Å². The van der Waals surface area contributed by atoms with Gasteiger partial charge in [0, 0.05) is 6.54 Å². The molecular weight excluding hydrogens is 260 g/mol. The number of nitro groups is 1. The molecule has 0 aliphatic rings. The molecule has 0 saturated carbocycles. The lowest BCUT2D eigenvalue weighted by Gasteiger charge is -2.21. The molecule has 1 aromatic rings. The first-order valence-electron chi connectivity index (χ1n) is 5.41. The number of aromatic nitrogens is 2. The summed E-state index contributed by atoms with van der Waals surface area (Å²) in [6, 6.07) is 0. The maximum absolute atomic E-state index is 10.9. The highest BCUT2D eigenvalue weighted by molar-refractivity contribution is 6.28. The van der Waals surface area contributed by atoms with Crippen molar-refractivity contribution in [1.29, 1.82) is 0 Å². The van der Waals surface area contributed by atoms with Crippen LogP contribution in [0.1, 0.15) is 26.0 Å². The molecule has 0 aliphatic heterocycles. The van der Waals surface area contributed by atoms with Crippen LogP contribution >= 0.6 is 11.6 Å². The summed E-state index contributed by atoms with van der Waals surface area (Å²) in [6.45, 7) is 5.06. The van der Waals surface area contributed by atoms with Crippen LogP contribution in [0.4, 0.5) is 11.5 Å². The third-order valence-electron chi connectivity index (χ3n) is 2.61. The van der Waals surface area contributed by atoms with Gasteiger partial charge in [-0.1, -0.05) is 6.92 Å². The number of aryl methyl sites for hydroxylation is 1. The van der Waals surface area contributed by atoms with Gasteiger partial charge in [0.15, 0.2) is 0 Å².